The van der Waals surface area contributed by atoms with Gasteiger partial charge in [0.15, 0.2) is 5.78 Å². The van der Waals surface area contributed by atoms with Gasteiger partial charge < -0.3 is 14.2 Å². The van der Waals surface area contributed by atoms with Gasteiger partial charge in [-0.05, 0) is 23.3 Å². The first-order valence-electron chi connectivity index (χ1n) is 9.23. The highest BCUT2D eigenvalue weighted by molar-refractivity contribution is 6.07. The van der Waals surface area contributed by atoms with Crippen molar-refractivity contribution in [3.63, 3.8) is 0 Å². The van der Waals surface area contributed by atoms with Crippen molar-refractivity contribution in [2.24, 2.45) is 0 Å². The molecule has 0 aromatic heterocycles. The molecular formula is C24H22O5. The first kappa shape index (κ1) is 20.1. The molecule has 3 aromatic carbocycles. The fourth-order valence-corrected chi connectivity index (χ4v) is 2.72. The molecule has 3 aromatic rings. The van der Waals surface area contributed by atoms with Crippen LogP contribution >= 0.6 is 0 Å². The molecule has 0 aliphatic rings. The summed E-state index contributed by atoms with van der Waals surface area (Å²) in [5, 5.41) is 0. The summed E-state index contributed by atoms with van der Waals surface area (Å²) in [6.07, 6.45) is -0.345. The molecular weight excluding hydrogens is 368 g/mol. The molecule has 0 saturated heterocycles. The quantitative estimate of drug-likeness (QED) is 0.304. The summed E-state index contributed by atoms with van der Waals surface area (Å²) in [6.45, 7) is 0.690. The van der Waals surface area contributed by atoms with Crippen LogP contribution in [-0.4, -0.2) is 18.9 Å². The lowest BCUT2D eigenvalue weighted by Crippen LogP contribution is -2.11. The lowest BCUT2D eigenvalue weighted by molar-refractivity contribution is -0.139. The van der Waals surface area contributed by atoms with Crippen molar-refractivity contribution < 1.29 is 23.8 Å². The Kier molecular flexibility index (Phi) is 7.00. The average Bonchev–Trinajstić information content (AvgIpc) is 2.77. The Hall–Kier alpha value is -3.60. The number of ether oxygens (including phenoxy) is 3. The lowest BCUT2D eigenvalue weighted by Gasteiger charge is -2.13. The van der Waals surface area contributed by atoms with Gasteiger partial charge in [0, 0.05) is 6.07 Å². The van der Waals surface area contributed by atoms with E-state index < -0.39 is 5.97 Å². The minimum absolute atomic E-state index is 0.293. The molecule has 0 radical (unpaired) electrons. The second kappa shape index (κ2) is 10.1. The maximum absolute atomic E-state index is 12.5. The second-order valence-electron chi connectivity index (χ2n) is 6.38. The van der Waals surface area contributed by atoms with E-state index in [1.54, 1.807) is 18.2 Å². The third-order valence-electron chi connectivity index (χ3n) is 4.27. The van der Waals surface area contributed by atoms with E-state index in [0.29, 0.717) is 30.3 Å². The number of ketones is 1. The van der Waals surface area contributed by atoms with E-state index >= 15 is 0 Å². The Balaban J connectivity index is 1.78. The van der Waals surface area contributed by atoms with Gasteiger partial charge in [-0.2, -0.15) is 0 Å². The molecule has 5 nitrogen and oxygen atoms in total. The van der Waals surface area contributed by atoms with Crippen molar-refractivity contribution in [2.75, 3.05) is 7.11 Å². The van der Waals surface area contributed by atoms with Gasteiger partial charge in [0.05, 0.1) is 12.7 Å². The van der Waals surface area contributed by atoms with Crippen LogP contribution in [0.5, 0.6) is 11.5 Å². The SMILES string of the molecule is COC(=O)CC(=O)c1ccc(OCc2ccccc2)cc1OCc1ccccc1. The minimum Gasteiger partial charge on any atom is -0.489 e. The van der Waals surface area contributed by atoms with Crippen molar-refractivity contribution in [3.05, 3.63) is 95.6 Å². The van der Waals surface area contributed by atoms with Crippen LogP contribution in [0.4, 0.5) is 0 Å². The molecule has 0 atom stereocenters. The fraction of sp³-hybridized carbons (Fsp3) is 0.167. The normalized spacial score (nSPS) is 10.2. The Morgan fingerprint density at radius 2 is 1.34 bits per heavy atom. The number of esters is 1. The molecule has 0 aliphatic heterocycles. The summed E-state index contributed by atoms with van der Waals surface area (Å²) >= 11 is 0. The Morgan fingerprint density at radius 1 is 0.759 bits per heavy atom. The molecule has 0 fully saturated rings. The van der Waals surface area contributed by atoms with Gasteiger partial charge in [-0.25, -0.2) is 0 Å². The second-order valence-corrected chi connectivity index (χ2v) is 6.38. The highest BCUT2D eigenvalue weighted by Crippen LogP contribution is 2.28. The predicted octanol–water partition coefficient (Wildman–Crippen LogP) is 4.59. The molecule has 0 saturated carbocycles. The molecule has 29 heavy (non-hydrogen) atoms. The number of hydrogen-bond acceptors (Lipinski definition) is 5. The number of methoxy groups -OCH3 is 1. The van der Waals surface area contributed by atoms with E-state index in [1.165, 1.54) is 7.11 Å². The monoisotopic (exact) mass is 390 g/mol. The summed E-state index contributed by atoms with van der Waals surface area (Å²) < 4.78 is 16.3. The van der Waals surface area contributed by atoms with Crippen molar-refractivity contribution in [1.82, 2.24) is 0 Å². The van der Waals surface area contributed by atoms with E-state index in [0.717, 1.165) is 11.1 Å². The van der Waals surface area contributed by atoms with Crippen molar-refractivity contribution >= 4 is 11.8 Å². The van der Waals surface area contributed by atoms with Crippen LogP contribution in [0.15, 0.2) is 78.9 Å². The van der Waals surface area contributed by atoms with E-state index in [4.69, 9.17) is 9.47 Å². The summed E-state index contributed by atoms with van der Waals surface area (Å²) in [5.74, 6) is -0.0113. The Bertz CT molecular complexity index is 952. The molecule has 0 spiro atoms. The standard InChI is InChI=1S/C24H22O5/c1-27-24(26)15-22(25)21-13-12-20(28-16-18-8-4-2-5-9-18)14-23(21)29-17-19-10-6-3-7-11-19/h2-14H,15-17H2,1H3. The summed E-state index contributed by atoms with van der Waals surface area (Å²) in [5.41, 5.74) is 2.32. The number of rotatable bonds is 9. The van der Waals surface area contributed by atoms with Crippen LogP contribution in [0.3, 0.4) is 0 Å². The maximum Gasteiger partial charge on any atom is 0.313 e. The third-order valence-corrected chi connectivity index (χ3v) is 4.27. The lowest BCUT2D eigenvalue weighted by atomic mass is 10.1. The molecule has 148 valence electrons. The zero-order chi connectivity index (χ0) is 20.5. The fourth-order valence-electron chi connectivity index (χ4n) is 2.72. The molecule has 0 heterocycles. The number of carbonyl (C=O) groups is 2. The first-order chi connectivity index (χ1) is 14.2. The Labute approximate surface area is 169 Å². The van der Waals surface area contributed by atoms with E-state index in [-0.39, 0.29) is 12.2 Å². The van der Waals surface area contributed by atoms with Crippen LogP contribution in [-0.2, 0) is 22.7 Å². The number of hydrogen-bond donors (Lipinski definition) is 0. The van der Waals surface area contributed by atoms with Crippen molar-refractivity contribution in [2.45, 2.75) is 19.6 Å². The van der Waals surface area contributed by atoms with Crippen LogP contribution in [0.1, 0.15) is 27.9 Å². The van der Waals surface area contributed by atoms with Crippen LogP contribution in [0.2, 0.25) is 0 Å². The van der Waals surface area contributed by atoms with Gasteiger partial charge in [-0.3, -0.25) is 9.59 Å². The minimum atomic E-state index is -0.589. The zero-order valence-electron chi connectivity index (χ0n) is 16.2. The smallest absolute Gasteiger partial charge is 0.313 e. The maximum atomic E-state index is 12.5. The number of benzene rings is 3. The van der Waals surface area contributed by atoms with Gasteiger partial charge >= 0.3 is 5.97 Å². The molecule has 3 rings (SSSR count). The molecule has 0 amide bonds. The van der Waals surface area contributed by atoms with Gasteiger partial charge in [0.25, 0.3) is 0 Å². The molecule has 0 aliphatic carbocycles. The zero-order valence-corrected chi connectivity index (χ0v) is 16.2. The van der Waals surface area contributed by atoms with Crippen LogP contribution in [0, 0.1) is 0 Å². The van der Waals surface area contributed by atoms with Gasteiger partial charge in [-0.15, -0.1) is 0 Å². The number of carbonyl (C=O) groups excluding carboxylic acids is 2. The molecule has 0 unspecified atom stereocenters. The highest BCUT2D eigenvalue weighted by atomic mass is 16.5. The topological polar surface area (TPSA) is 61.8 Å². The van der Waals surface area contributed by atoms with E-state index in [2.05, 4.69) is 4.74 Å². The molecule has 0 bridgehead atoms. The largest absolute Gasteiger partial charge is 0.489 e. The first-order valence-corrected chi connectivity index (χ1v) is 9.23. The van der Waals surface area contributed by atoms with Gasteiger partial charge in [0.1, 0.15) is 31.1 Å². The van der Waals surface area contributed by atoms with Crippen LogP contribution < -0.4 is 9.47 Å². The van der Waals surface area contributed by atoms with E-state index in [1.807, 2.05) is 60.7 Å². The summed E-state index contributed by atoms with van der Waals surface area (Å²) in [4.78, 5) is 24.0. The van der Waals surface area contributed by atoms with Crippen molar-refractivity contribution in [3.8, 4) is 11.5 Å². The van der Waals surface area contributed by atoms with Gasteiger partial charge in [-0.1, -0.05) is 60.7 Å². The van der Waals surface area contributed by atoms with Crippen LogP contribution in [0.25, 0.3) is 0 Å². The third kappa shape index (κ3) is 5.94. The average molecular weight is 390 g/mol. The Morgan fingerprint density at radius 3 is 1.93 bits per heavy atom. The summed E-state index contributed by atoms with van der Waals surface area (Å²) in [7, 11) is 1.25. The molecule has 5 heteroatoms. The summed E-state index contributed by atoms with van der Waals surface area (Å²) in [6, 6.07) is 24.4. The molecule has 0 N–H and O–H groups in total. The van der Waals surface area contributed by atoms with Crippen molar-refractivity contribution in [1.29, 1.82) is 0 Å². The van der Waals surface area contributed by atoms with E-state index in [9.17, 15) is 9.59 Å². The predicted molar refractivity (Wildman–Crippen MR) is 109 cm³/mol. The van der Waals surface area contributed by atoms with Gasteiger partial charge in [0.2, 0.25) is 0 Å². The number of Topliss-reactive ketones (excluding diaryl/α,β-unsaturated/α-hetero) is 1. The highest BCUT2D eigenvalue weighted by Gasteiger charge is 2.18.